The maximum absolute atomic E-state index is 2.92. The van der Waals surface area contributed by atoms with Crippen molar-refractivity contribution < 1.29 is 27.7 Å². The van der Waals surface area contributed by atoms with Gasteiger partial charge in [-0.05, 0) is 10.8 Å². The molecule has 1 heterocycles. The van der Waals surface area contributed by atoms with Crippen molar-refractivity contribution in [2.24, 2.45) is 0 Å². The zero-order chi connectivity index (χ0) is 3.54. The van der Waals surface area contributed by atoms with Crippen LogP contribution in [-0.4, -0.2) is 0 Å². The van der Waals surface area contributed by atoms with Crippen LogP contribution in [0.25, 0.3) is 0 Å². The summed E-state index contributed by atoms with van der Waals surface area (Å²) < 4.78 is 2.92. The molecule has 0 aliphatic carbocycles. The van der Waals surface area contributed by atoms with E-state index in [1.807, 2.05) is 11.6 Å². The zero-order valence-corrected chi connectivity index (χ0v) is 10.3. The molecular formula is C2H3HgNS2. The van der Waals surface area contributed by atoms with E-state index in [0.717, 1.165) is 0 Å². The quantitative estimate of drug-likeness (QED) is 0.412. The molecule has 0 fully saturated rings. The van der Waals surface area contributed by atoms with Crippen molar-refractivity contribution in [3.05, 3.63) is 11.6 Å². The van der Waals surface area contributed by atoms with Crippen LogP contribution in [0.5, 0.6) is 0 Å². The first-order valence-corrected chi connectivity index (χ1v) is 3.44. The van der Waals surface area contributed by atoms with E-state index < -0.39 is 0 Å². The third-order valence-electron chi connectivity index (χ3n) is 0.288. The fourth-order valence-electron chi connectivity index (χ4n) is 0.139. The third kappa shape index (κ3) is 2.37. The van der Waals surface area contributed by atoms with Gasteiger partial charge in [-0.15, -0.1) is 0 Å². The fourth-order valence-corrected chi connectivity index (χ4v) is 1.25. The van der Waals surface area contributed by atoms with Gasteiger partial charge in [0.15, 0.2) is 0 Å². The average molecular weight is 306 g/mol. The Labute approximate surface area is 65.4 Å². The molecule has 0 bridgehead atoms. The molecule has 30 valence electrons. The largest absolute Gasteiger partial charge is 0.327 e. The Morgan fingerprint density at radius 3 is 2.50 bits per heavy atom. The number of hydrogen-bond donors (Lipinski definition) is 1. The standard InChI is InChI=1S/C2H3NS2.Hg/c1-2-4-5-3-1;/h1-3H;. The van der Waals surface area contributed by atoms with Crippen LogP contribution < -0.4 is 4.72 Å². The minimum absolute atomic E-state index is 0. The first-order chi connectivity index (χ1) is 2.50. The van der Waals surface area contributed by atoms with Gasteiger partial charge in [0.25, 0.3) is 0 Å². The summed E-state index contributed by atoms with van der Waals surface area (Å²) in [5.41, 5.74) is 0. The first-order valence-electron chi connectivity index (χ1n) is 1.23. The summed E-state index contributed by atoms with van der Waals surface area (Å²) in [6.45, 7) is 0. The van der Waals surface area contributed by atoms with Gasteiger partial charge in [-0.3, -0.25) is 0 Å². The summed E-state index contributed by atoms with van der Waals surface area (Å²) in [5, 5.41) is 2.00. The van der Waals surface area contributed by atoms with Crippen LogP contribution in [0.4, 0.5) is 0 Å². The van der Waals surface area contributed by atoms with Crippen molar-refractivity contribution in [1.29, 1.82) is 0 Å². The molecule has 1 aliphatic heterocycles. The Morgan fingerprint density at radius 2 is 2.33 bits per heavy atom. The van der Waals surface area contributed by atoms with E-state index >= 15 is 0 Å². The maximum atomic E-state index is 2.92. The summed E-state index contributed by atoms with van der Waals surface area (Å²) in [4.78, 5) is 0. The second kappa shape index (κ2) is 4.34. The maximum Gasteiger partial charge on any atom is 0.0229 e. The van der Waals surface area contributed by atoms with Gasteiger partial charge in [0.1, 0.15) is 0 Å². The summed E-state index contributed by atoms with van der Waals surface area (Å²) in [6.07, 6.45) is 1.91. The van der Waals surface area contributed by atoms with Gasteiger partial charge < -0.3 is 4.72 Å². The second-order valence-electron chi connectivity index (χ2n) is 0.600. The molecule has 6 heavy (non-hydrogen) atoms. The van der Waals surface area contributed by atoms with E-state index in [2.05, 4.69) is 4.72 Å². The van der Waals surface area contributed by atoms with Gasteiger partial charge in [0.05, 0.1) is 0 Å². The SMILES string of the molecule is C1=CSSN1.[Hg]. The van der Waals surface area contributed by atoms with Crippen LogP contribution in [0.3, 0.4) is 0 Å². The Balaban J connectivity index is 0.000000250. The average Bonchev–Trinajstić information content (AvgIpc) is 1.76. The zero-order valence-electron chi connectivity index (χ0n) is 3.18. The predicted molar refractivity (Wildman–Crippen MR) is 27.5 cm³/mol. The molecule has 1 nitrogen and oxygen atoms in total. The van der Waals surface area contributed by atoms with Gasteiger partial charge in [0.2, 0.25) is 0 Å². The van der Waals surface area contributed by atoms with E-state index in [-0.39, 0.29) is 27.7 Å². The Hall–Kier alpha value is 1.18. The fraction of sp³-hybridized carbons (Fsp3) is 0. The number of nitrogens with one attached hydrogen (secondary N) is 1. The molecule has 0 spiro atoms. The van der Waals surface area contributed by atoms with Gasteiger partial charge in [-0.1, -0.05) is 0 Å². The van der Waals surface area contributed by atoms with Crippen LogP contribution in [0.1, 0.15) is 0 Å². The van der Waals surface area contributed by atoms with Crippen molar-refractivity contribution in [3.63, 3.8) is 0 Å². The van der Waals surface area contributed by atoms with E-state index in [0.29, 0.717) is 0 Å². The summed E-state index contributed by atoms with van der Waals surface area (Å²) in [5.74, 6) is 0. The smallest absolute Gasteiger partial charge is 0.0229 e. The van der Waals surface area contributed by atoms with Crippen LogP contribution in [0, 0.1) is 0 Å². The number of rotatable bonds is 0. The van der Waals surface area contributed by atoms with Crippen molar-refractivity contribution in [1.82, 2.24) is 4.72 Å². The molecule has 0 radical (unpaired) electrons. The molecule has 1 N–H and O–H groups in total. The van der Waals surface area contributed by atoms with Crippen LogP contribution >= 0.6 is 21.8 Å². The van der Waals surface area contributed by atoms with Crippen molar-refractivity contribution in [2.45, 2.75) is 0 Å². The Morgan fingerprint density at radius 1 is 1.50 bits per heavy atom. The minimum Gasteiger partial charge on any atom is -0.327 e. The van der Waals surface area contributed by atoms with Crippen molar-refractivity contribution >= 4 is 21.8 Å². The Bertz CT molecular complexity index is 49.5. The van der Waals surface area contributed by atoms with Crippen LogP contribution in [0.2, 0.25) is 0 Å². The van der Waals surface area contributed by atoms with E-state index in [9.17, 15) is 0 Å². The van der Waals surface area contributed by atoms with Crippen LogP contribution in [-0.2, 0) is 27.7 Å². The molecule has 0 aromatic carbocycles. The summed E-state index contributed by atoms with van der Waals surface area (Å²) >= 11 is 0. The van der Waals surface area contributed by atoms with Gasteiger partial charge in [-0.2, -0.15) is 0 Å². The Kier molecular flexibility index (Phi) is 5.19. The number of hydrogen-bond acceptors (Lipinski definition) is 3. The van der Waals surface area contributed by atoms with Crippen LogP contribution in [0.15, 0.2) is 11.6 Å². The van der Waals surface area contributed by atoms with Gasteiger partial charge in [0, 0.05) is 50.3 Å². The monoisotopic (exact) mass is 307 g/mol. The molecule has 1 aliphatic rings. The molecule has 0 unspecified atom stereocenters. The van der Waals surface area contributed by atoms with E-state index in [4.69, 9.17) is 0 Å². The van der Waals surface area contributed by atoms with E-state index in [1.54, 1.807) is 21.8 Å². The summed E-state index contributed by atoms with van der Waals surface area (Å²) in [6, 6.07) is 0. The molecule has 1 rings (SSSR count). The minimum atomic E-state index is 0. The topological polar surface area (TPSA) is 12.0 Å². The molecule has 0 amide bonds. The normalized spacial score (nSPS) is 16.0. The molecule has 0 atom stereocenters. The van der Waals surface area contributed by atoms with Gasteiger partial charge in [-0.25, -0.2) is 0 Å². The molecule has 0 saturated carbocycles. The molecule has 0 aromatic rings. The molecular weight excluding hydrogens is 303 g/mol. The van der Waals surface area contributed by atoms with Crippen molar-refractivity contribution in [3.8, 4) is 0 Å². The molecule has 0 aromatic heterocycles. The van der Waals surface area contributed by atoms with E-state index in [1.165, 1.54) is 0 Å². The second-order valence-corrected chi connectivity index (χ2v) is 2.54. The molecule has 0 saturated heterocycles. The molecule has 4 heteroatoms. The summed E-state index contributed by atoms with van der Waals surface area (Å²) in [7, 11) is 3.33. The van der Waals surface area contributed by atoms with Gasteiger partial charge >= 0.3 is 0 Å². The first kappa shape index (κ1) is 7.18. The predicted octanol–water partition coefficient (Wildman–Crippen LogP) is 1.35. The third-order valence-corrected chi connectivity index (χ3v) is 1.77. The van der Waals surface area contributed by atoms with Crippen molar-refractivity contribution in [2.75, 3.05) is 0 Å².